The van der Waals surface area contributed by atoms with Gasteiger partial charge in [-0.25, -0.2) is 9.78 Å². The third kappa shape index (κ3) is 4.16. The number of aromatic amines is 1. The second-order valence-corrected chi connectivity index (χ2v) is 6.64. The molecule has 0 aliphatic carbocycles. The van der Waals surface area contributed by atoms with Gasteiger partial charge < -0.3 is 15.0 Å². The molecule has 1 heterocycles. The highest BCUT2D eigenvalue weighted by molar-refractivity contribution is 5.99. The number of carbonyl (C=O) groups excluding carboxylic acids is 2. The molecular formula is C23H19N3O3. The highest BCUT2D eigenvalue weighted by Crippen LogP contribution is 2.24. The van der Waals surface area contributed by atoms with E-state index in [1.807, 2.05) is 49.4 Å². The Morgan fingerprint density at radius 3 is 2.48 bits per heavy atom. The fraction of sp³-hybridized carbons (Fsp3) is 0.0870. The van der Waals surface area contributed by atoms with Gasteiger partial charge in [0.05, 0.1) is 16.6 Å². The zero-order chi connectivity index (χ0) is 20.2. The predicted molar refractivity (Wildman–Crippen MR) is 112 cm³/mol. The van der Waals surface area contributed by atoms with Crippen molar-refractivity contribution >= 4 is 28.6 Å². The van der Waals surface area contributed by atoms with E-state index in [0.29, 0.717) is 22.6 Å². The van der Waals surface area contributed by atoms with Crippen LogP contribution in [0.1, 0.15) is 15.9 Å². The van der Waals surface area contributed by atoms with Crippen LogP contribution < -0.4 is 5.32 Å². The molecule has 0 saturated heterocycles. The van der Waals surface area contributed by atoms with E-state index < -0.39 is 11.9 Å². The number of hydrogen-bond acceptors (Lipinski definition) is 4. The number of aryl methyl sites for hydroxylation is 1. The van der Waals surface area contributed by atoms with E-state index >= 15 is 0 Å². The average Bonchev–Trinajstić information content (AvgIpc) is 3.18. The number of nitrogens with zero attached hydrogens (tertiary/aromatic N) is 1. The molecule has 1 amide bonds. The summed E-state index contributed by atoms with van der Waals surface area (Å²) in [6.07, 6.45) is 0. The Morgan fingerprint density at radius 1 is 0.966 bits per heavy atom. The van der Waals surface area contributed by atoms with Crippen LogP contribution in [0.3, 0.4) is 0 Å². The van der Waals surface area contributed by atoms with E-state index in [4.69, 9.17) is 4.74 Å². The van der Waals surface area contributed by atoms with Gasteiger partial charge in [0, 0.05) is 11.3 Å². The molecule has 0 spiro atoms. The lowest BCUT2D eigenvalue weighted by molar-refractivity contribution is -0.119. The van der Waals surface area contributed by atoms with Crippen LogP contribution >= 0.6 is 0 Å². The van der Waals surface area contributed by atoms with Gasteiger partial charge >= 0.3 is 5.97 Å². The molecule has 4 aromatic rings. The van der Waals surface area contributed by atoms with E-state index in [2.05, 4.69) is 15.3 Å². The minimum Gasteiger partial charge on any atom is -0.452 e. The molecular weight excluding hydrogens is 366 g/mol. The maximum atomic E-state index is 12.6. The minimum absolute atomic E-state index is 0.342. The highest BCUT2D eigenvalue weighted by Gasteiger charge is 2.17. The van der Waals surface area contributed by atoms with E-state index in [-0.39, 0.29) is 6.61 Å². The van der Waals surface area contributed by atoms with Gasteiger partial charge in [-0.1, -0.05) is 48.0 Å². The Hall–Kier alpha value is -3.93. The third-order valence-electron chi connectivity index (χ3n) is 4.46. The zero-order valence-corrected chi connectivity index (χ0v) is 15.8. The number of rotatable bonds is 5. The molecule has 1 aromatic heterocycles. The number of ether oxygens (including phenoxy) is 1. The molecule has 0 aliphatic heterocycles. The Balaban J connectivity index is 1.47. The number of anilines is 1. The number of aromatic nitrogens is 2. The summed E-state index contributed by atoms with van der Waals surface area (Å²) in [5.41, 5.74) is 4.39. The zero-order valence-electron chi connectivity index (χ0n) is 15.8. The molecule has 4 rings (SSSR count). The number of para-hydroxylation sites is 2. The van der Waals surface area contributed by atoms with Crippen LogP contribution in [0.25, 0.3) is 22.4 Å². The van der Waals surface area contributed by atoms with Crippen molar-refractivity contribution in [1.29, 1.82) is 0 Å². The molecule has 3 aromatic carbocycles. The van der Waals surface area contributed by atoms with Crippen LogP contribution in [0.5, 0.6) is 0 Å². The number of nitrogens with one attached hydrogen (secondary N) is 2. The molecule has 0 unspecified atom stereocenters. The lowest BCUT2D eigenvalue weighted by atomic mass is 10.1. The maximum absolute atomic E-state index is 12.6. The molecule has 0 atom stereocenters. The van der Waals surface area contributed by atoms with Crippen LogP contribution in [0, 0.1) is 6.92 Å². The Kier molecular flexibility index (Phi) is 5.07. The van der Waals surface area contributed by atoms with Crippen molar-refractivity contribution in [2.45, 2.75) is 6.92 Å². The van der Waals surface area contributed by atoms with Gasteiger partial charge in [0.1, 0.15) is 5.82 Å². The molecule has 29 heavy (non-hydrogen) atoms. The number of hydrogen-bond donors (Lipinski definition) is 2. The van der Waals surface area contributed by atoms with E-state index in [9.17, 15) is 9.59 Å². The fourth-order valence-electron chi connectivity index (χ4n) is 2.99. The Bertz CT molecular complexity index is 1150. The SMILES string of the molecule is Cc1ccc(NC(=O)COC(=O)c2ccccc2-c2nc3ccccc3[nH]2)cc1. The van der Waals surface area contributed by atoms with Gasteiger partial charge in [0.15, 0.2) is 6.61 Å². The first-order chi connectivity index (χ1) is 14.1. The standard InChI is InChI=1S/C23H19N3O3/c1-15-10-12-16(13-11-15)24-21(27)14-29-23(28)18-7-3-2-6-17(18)22-25-19-8-4-5-9-20(19)26-22/h2-13H,14H2,1H3,(H,24,27)(H,25,26). The number of esters is 1. The molecule has 6 heteroatoms. The lowest BCUT2D eigenvalue weighted by Crippen LogP contribution is -2.21. The van der Waals surface area contributed by atoms with Crippen molar-refractivity contribution in [1.82, 2.24) is 9.97 Å². The quantitative estimate of drug-likeness (QED) is 0.501. The maximum Gasteiger partial charge on any atom is 0.339 e. The lowest BCUT2D eigenvalue weighted by Gasteiger charge is -2.09. The van der Waals surface area contributed by atoms with Crippen LogP contribution in [0.15, 0.2) is 72.8 Å². The first kappa shape index (κ1) is 18.4. The van der Waals surface area contributed by atoms with Crippen molar-refractivity contribution in [2.75, 3.05) is 11.9 Å². The van der Waals surface area contributed by atoms with Crippen molar-refractivity contribution in [3.8, 4) is 11.4 Å². The van der Waals surface area contributed by atoms with Gasteiger partial charge in [-0.15, -0.1) is 0 Å². The van der Waals surface area contributed by atoms with Gasteiger partial charge in [-0.2, -0.15) is 0 Å². The van der Waals surface area contributed by atoms with E-state index in [1.165, 1.54) is 0 Å². The molecule has 0 radical (unpaired) electrons. The van der Waals surface area contributed by atoms with Gasteiger partial charge in [-0.05, 0) is 37.3 Å². The molecule has 0 aliphatic rings. The normalized spacial score (nSPS) is 10.7. The summed E-state index contributed by atoms with van der Waals surface area (Å²) in [7, 11) is 0. The summed E-state index contributed by atoms with van der Waals surface area (Å²) in [6, 6.07) is 22.0. The van der Waals surface area contributed by atoms with Crippen molar-refractivity contribution in [2.24, 2.45) is 0 Å². The topological polar surface area (TPSA) is 84.1 Å². The smallest absolute Gasteiger partial charge is 0.339 e. The number of amides is 1. The molecule has 144 valence electrons. The van der Waals surface area contributed by atoms with Gasteiger partial charge in [0.2, 0.25) is 0 Å². The number of imidazole rings is 1. The number of carbonyl (C=O) groups is 2. The first-order valence-corrected chi connectivity index (χ1v) is 9.18. The fourth-order valence-corrected chi connectivity index (χ4v) is 2.99. The Morgan fingerprint density at radius 2 is 1.69 bits per heavy atom. The monoisotopic (exact) mass is 385 g/mol. The summed E-state index contributed by atoms with van der Waals surface area (Å²) in [5, 5.41) is 2.71. The van der Waals surface area contributed by atoms with E-state index in [0.717, 1.165) is 16.6 Å². The van der Waals surface area contributed by atoms with Crippen molar-refractivity contribution in [3.63, 3.8) is 0 Å². The van der Waals surface area contributed by atoms with Gasteiger partial charge in [-0.3, -0.25) is 4.79 Å². The summed E-state index contributed by atoms with van der Waals surface area (Å²) in [4.78, 5) is 32.5. The molecule has 0 bridgehead atoms. The molecule has 0 fully saturated rings. The first-order valence-electron chi connectivity index (χ1n) is 9.18. The van der Waals surface area contributed by atoms with Crippen LogP contribution in [0.4, 0.5) is 5.69 Å². The van der Waals surface area contributed by atoms with Crippen LogP contribution in [-0.2, 0) is 9.53 Å². The van der Waals surface area contributed by atoms with Crippen LogP contribution in [-0.4, -0.2) is 28.5 Å². The number of fused-ring (bicyclic) bond motifs is 1. The number of benzene rings is 3. The number of H-pyrrole nitrogens is 1. The van der Waals surface area contributed by atoms with Crippen molar-refractivity contribution < 1.29 is 14.3 Å². The summed E-state index contributed by atoms with van der Waals surface area (Å²) in [5.74, 6) is -0.411. The summed E-state index contributed by atoms with van der Waals surface area (Å²) >= 11 is 0. The highest BCUT2D eigenvalue weighted by atomic mass is 16.5. The average molecular weight is 385 g/mol. The van der Waals surface area contributed by atoms with Crippen LogP contribution in [0.2, 0.25) is 0 Å². The second kappa shape index (κ2) is 7.98. The summed E-state index contributed by atoms with van der Waals surface area (Å²) in [6.45, 7) is 1.59. The van der Waals surface area contributed by atoms with Crippen molar-refractivity contribution in [3.05, 3.63) is 83.9 Å². The molecule has 6 nitrogen and oxygen atoms in total. The second-order valence-electron chi connectivity index (χ2n) is 6.64. The largest absolute Gasteiger partial charge is 0.452 e. The molecule has 0 saturated carbocycles. The molecule has 2 N–H and O–H groups in total. The van der Waals surface area contributed by atoms with E-state index in [1.54, 1.807) is 30.3 Å². The third-order valence-corrected chi connectivity index (χ3v) is 4.46. The minimum atomic E-state index is -0.583. The van der Waals surface area contributed by atoms with Gasteiger partial charge in [0.25, 0.3) is 5.91 Å². The Labute approximate surface area is 167 Å². The summed E-state index contributed by atoms with van der Waals surface area (Å²) < 4.78 is 5.23. The predicted octanol–water partition coefficient (Wildman–Crippen LogP) is 4.33.